The van der Waals surface area contributed by atoms with E-state index >= 15 is 0 Å². The number of hydrogen-bond acceptors (Lipinski definition) is 4. The first-order valence-corrected chi connectivity index (χ1v) is 6.05. The average molecular weight is 286 g/mol. The van der Waals surface area contributed by atoms with Crippen LogP contribution >= 0.6 is 11.6 Å². The molecule has 1 rings (SSSR count). The van der Waals surface area contributed by atoms with Crippen LogP contribution in [0.5, 0.6) is 0 Å². The van der Waals surface area contributed by atoms with Crippen molar-refractivity contribution in [2.45, 2.75) is 0 Å². The van der Waals surface area contributed by atoms with Gasteiger partial charge in [0.1, 0.15) is 12.2 Å². The molecule has 104 valence electrons. The van der Waals surface area contributed by atoms with E-state index in [-0.39, 0.29) is 12.2 Å². The first-order chi connectivity index (χ1) is 8.90. The van der Waals surface area contributed by atoms with Crippen molar-refractivity contribution in [2.24, 2.45) is 0 Å². The van der Waals surface area contributed by atoms with Gasteiger partial charge in [-0.25, -0.2) is 4.98 Å². The number of aliphatic carboxylic acids is 1. The fourth-order valence-electron chi connectivity index (χ4n) is 1.40. The Morgan fingerprint density at radius 3 is 2.47 bits per heavy atom. The number of amides is 1. The fraction of sp³-hybridized carbons (Fsp3) is 0.417. The number of carbonyl (C=O) groups excluding carboxylic acids is 1. The molecule has 0 aromatic carbocycles. The first kappa shape index (κ1) is 15.4. The number of carboxylic acid groups (broad SMARTS) is 1. The standard InChI is InChI=1S/C12H16ClN3O3/c1-15(2)5-6-16(8-11(17)18)12(19)10-4-3-9(13)7-14-10/h3-4,7H,5-6,8H2,1-2H3,(H,17,18). The molecule has 19 heavy (non-hydrogen) atoms. The summed E-state index contributed by atoms with van der Waals surface area (Å²) < 4.78 is 0. The Balaban J connectivity index is 2.80. The second-order valence-corrected chi connectivity index (χ2v) is 4.72. The van der Waals surface area contributed by atoms with Gasteiger partial charge in [-0.15, -0.1) is 0 Å². The summed E-state index contributed by atoms with van der Waals surface area (Å²) in [6.45, 7) is 0.548. The molecule has 0 unspecified atom stereocenters. The molecule has 0 saturated carbocycles. The Labute approximate surface area is 116 Å². The number of pyridine rings is 1. The molecule has 7 heteroatoms. The molecule has 0 aliphatic carbocycles. The summed E-state index contributed by atoms with van der Waals surface area (Å²) in [6.07, 6.45) is 1.36. The van der Waals surface area contributed by atoms with Crippen molar-refractivity contribution in [1.82, 2.24) is 14.8 Å². The minimum absolute atomic E-state index is 0.185. The zero-order valence-corrected chi connectivity index (χ0v) is 11.6. The molecule has 0 aliphatic heterocycles. The van der Waals surface area contributed by atoms with Gasteiger partial charge in [0.05, 0.1) is 5.02 Å². The molecule has 0 radical (unpaired) electrons. The maximum absolute atomic E-state index is 12.1. The number of aromatic nitrogens is 1. The maximum atomic E-state index is 12.1. The lowest BCUT2D eigenvalue weighted by molar-refractivity contribution is -0.137. The van der Waals surface area contributed by atoms with E-state index in [1.165, 1.54) is 17.2 Å². The van der Waals surface area contributed by atoms with Gasteiger partial charge in [-0.2, -0.15) is 0 Å². The molecular formula is C12H16ClN3O3. The summed E-state index contributed by atoms with van der Waals surface area (Å²) in [5.41, 5.74) is 0.185. The van der Waals surface area contributed by atoms with Crippen LogP contribution < -0.4 is 0 Å². The molecule has 0 aliphatic rings. The number of hydrogen-bond donors (Lipinski definition) is 1. The molecule has 0 bridgehead atoms. The molecular weight excluding hydrogens is 270 g/mol. The number of carbonyl (C=O) groups is 2. The van der Waals surface area contributed by atoms with Gasteiger partial charge in [0.15, 0.2) is 0 Å². The monoisotopic (exact) mass is 285 g/mol. The largest absolute Gasteiger partial charge is 0.480 e. The third-order valence-corrected chi connectivity index (χ3v) is 2.60. The lowest BCUT2D eigenvalue weighted by atomic mass is 10.3. The summed E-state index contributed by atoms with van der Waals surface area (Å²) in [4.78, 5) is 30.0. The predicted octanol–water partition coefficient (Wildman–Crippen LogP) is 0.823. The fourth-order valence-corrected chi connectivity index (χ4v) is 1.51. The second kappa shape index (κ2) is 7.06. The van der Waals surface area contributed by atoms with E-state index in [0.717, 1.165) is 0 Å². The summed E-state index contributed by atoms with van der Waals surface area (Å²) in [5, 5.41) is 9.27. The van der Waals surface area contributed by atoms with Crippen LogP contribution in [-0.4, -0.2) is 65.5 Å². The zero-order chi connectivity index (χ0) is 14.4. The van der Waals surface area contributed by atoms with Crippen molar-refractivity contribution in [3.8, 4) is 0 Å². The molecule has 1 amide bonds. The molecule has 0 fully saturated rings. The first-order valence-electron chi connectivity index (χ1n) is 5.67. The van der Waals surface area contributed by atoms with Crippen LogP contribution in [0.2, 0.25) is 5.02 Å². The smallest absolute Gasteiger partial charge is 0.323 e. The van der Waals surface area contributed by atoms with Crippen molar-refractivity contribution < 1.29 is 14.7 Å². The Bertz CT molecular complexity index is 448. The van der Waals surface area contributed by atoms with Gasteiger partial charge >= 0.3 is 5.97 Å². The van der Waals surface area contributed by atoms with E-state index in [2.05, 4.69) is 4.98 Å². The van der Waals surface area contributed by atoms with Crippen molar-refractivity contribution >= 4 is 23.5 Å². The van der Waals surface area contributed by atoms with Gasteiger partial charge in [0.25, 0.3) is 5.91 Å². The molecule has 6 nitrogen and oxygen atoms in total. The summed E-state index contributed by atoms with van der Waals surface area (Å²) in [7, 11) is 3.70. The third-order valence-electron chi connectivity index (χ3n) is 2.38. The lowest BCUT2D eigenvalue weighted by Gasteiger charge is -2.22. The molecule has 0 spiro atoms. The highest BCUT2D eigenvalue weighted by molar-refractivity contribution is 6.30. The highest BCUT2D eigenvalue weighted by Crippen LogP contribution is 2.08. The van der Waals surface area contributed by atoms with Crippen molar-refractivity contribution in [3.63, 3.8) is 0 Å². The topological polar surface area (TPSA) is 73.7 Å². The number of halogens is 1. The second-order valence-electron chi connectivity index (χ2n) is 4.29. The van der Waals surface area contributed by atoms with Crippen LogP contribution in [0.4, 0.5) is 0 Å². The Morgan fingerprint density at radius 2 is 2.00 bits per heavy atom. The van der Waals surface area contributed by atoms with Crippen molar-refractivity contribution in [2.75, 3.05) is 33.7 Å². The van der Waals surface area contributed by atoms with Crippen LogP contribution in [0.25, 0.3) is 0 Å². The highest BCUT2D eigenvalue weighted by atomic mass is 35.5. The van der Waals surface area contributed by atoms with E-state index in [0.29, 0.717) is 18.1 Å². The van der Waals surface area contributed by atoms with Crippen LogP contribution in [0.1, 0.15) is 10.5 Å². The van der Waals surface area contributed by atoms with Gasteiger partial charge < -0.3 is 14.9 Å². The number of likely N-dealkylation sites (N-methyl/N-ethyl adjacent to an activating group) is 1. The number of nitrogens with zero attached hydrogens (tertiary/aromatic N) is 3. The van der Waals surface area contributed by atoms with E-state index in [9.17, 15) is 9.59 Å². The Morgan fingerprint density at radius 1 is 1.32 bits per heavy atom. The Kier molecular flexibility index (Phi) is 5.72. The zero-order valence-electron chi connectivity index (χ0n) is 10.8. The van der Waals surface area contributed by atoms with E-state index in [4.69, 9.17) is 16.7 Å². The number of rotatable bonds is 6. The quantitative estimate of drug-likeness (QED) is 0.838. The van der Waals surface area contributed by atoms with Gasteiger partial charge in [-0.05, 0) is 26.2 Å². The predicted molar refractivity (Wildman–Crippen MR) is 71.3 cm³/mol. The average Bonchev–Trinajstić information content (AvgIpc) is 2.34. The molecule has 1 aromatic heterocycles. The van der Waals surface area contributed by atoms with E-state index < -0.39 is 11.9 Å². The lowest BCUT2D eigenvalue weighted by Crippen LogP contribution is -2.40. The van der Waals surface area contributed by atoms with Crippen LogP contribution in [-0.2, 0) is 4.79 Å². The summed E-state index contributed by atoms with van der Waals surface area (Å²) in [6, 6.07) is 3.03. The van der Waals surface area contributed by atoms with Gasteiger partial charge in [-0.1, -0.05) is 11.6 Å². The van der Waals surface area contributed by atoms with E-state index in [1.54, 1.807) is 6.07 Å². The minimum Gasteiger partial charge on any atom is -0.480 e. The maximum Gasteiger partial charge on any atom is 0.323 e. The highest BCUT2D eigenvalue weighted by Gasteiger charge is 2.19. The van der Waals surface area contributed by atoms with Crippen molar-refractivity contribution in [3.05, 3.63) is 29.0 Å². The molecule has 1 heterocycles. The van der Waals surface area contributed by atoms with Gasteiger partial charge in [-0.3, -0.25) is 9.59 Å². The van der Waals surface area contributed by atoms with Crippen LogP contribution in [0.3, 0.4) is 0 Å². The summed E-state index contributed by atoms with van der Waals surface area (Å²) >= 11 is 5.69. The number of carboxylic acids is 1. The van der Waals surface area contributed by atoms with Gasteiger partial charge in [0, 0.05) is 19.3 Å². The minimum atomic E-state index is -1.05. The third kappa shape index (κ3) is 5.23. The van der Waals surface area contributed by atoms with Gasteiger partial charge in [0.2, 0.25) is 0 Å². The van der Waals surface area contributed by atoms with E-state index in [1.807, 2.05) is 19.0 Å². The molecule has 0 atom stereocenters. The molecule has 1 aromatic rings. The molecule has 1 N–H and O–H groups in total. The summed E-state index contributed by atoms with van der Waals surface area (Å²) in [5.74, 6) is -1.47. The Hall–Kier alpha value is -1.66. The normalized spacial score (nSPS) is 10.5. The van der Waals surface area contributed by atoms with Crippen LogP contribution in [0, 0.1) is 0 Å². The van der Waals surface area contributed by atoms with Crippen molar-refractivity contribution in [1.29, 1.82) is 0 Å². The SMILES string of the molecule is CN(C)CCN(CC(=O)O)C(=O)c1ccc(Cl)cn1. The van der Waals surface area contributed by atoms with Crippen LogP contribution in [0.15, 0.2) is 18.3 Å². The molecule has 0 saturated heterocycles.